The van der Waals surface area contributed by atoms with Crippen LogP contribution in [0.5, 0.6) is 0 Å². The molecule has 0 radical (unpaired) electrons. The summed E-state index contributed by atoms with van der Waals surface area (Å²) < 4.78 is 0. The molecular weight excluding hydrogens is 468 g/mol. The summed E-state index contributed by atoms with van der Waals surface area (Å²) in [5.41, 5.74) is 9.51. The number of amides is 2. The molecule has 2 amide bonds. The fraction of sp³-hybridized carbons (Fsp3) is 0.379. The molecule has 1 aromatic heterocycles. The van der Waals surface area contributed by atoms with Crippen molar-refractivity contribution in [1.82, 2.24) is 15.1 Å². The van der Waals surface area contributed by atoms with Crippen molar-refractivity contribution >= 4 is 23.2 Å². The van der Waals surface area contributed by atoms with Gasteiger partial charge in [-0.05, 0) is 54.3 Å². The van der Waals surface area contributed by atoms with E-state index in [1.165, 1.54) is 28.0 Å². The quantitative estimate of drug-likeness (QED) is 0.440. The van der Waals surface area contributed by atoms with Crippen molar-refractivity contribution in [1.29, 1.82) is 0 Å². The normalized spacial score (nSPS) is 17.8. The first-order valence-electron chi connectivity index (χ1n) is 12.7. The van der Waals surface area contributed by atoms with Gasteiger partial charge in [0.05, 0.1) is 4.88 Å². The Labute approximate surface area is 218 Å². The van der Waals surface area contributed by atoms with Crippen LogP contribution in [0, 0.1) is 6.92 Å². The predicted octanol–water partition coefficient (Wildman–Crippen LogP) is 3.85. The van der Waals surface area contributed by atoms with Gasteiger partial charge in [0.1, 0.15) is 6.04 Å². The molecule has 2 heterocycles. The topological polar surface area (TPSA) is 78.7 Å². The fourth-order valence-corrected chi connectivity index (χ4v) is 5.62. The number of aryl methyl sites for hydroxylation is 1. The number of piperidine rings is 1. The molecular formula is C29H36N4O2S. The molecule has 36 heavy (non-hydrogen) atoms. The highest BCUT2D eigenvalue weighted by molar-refractivity contribution is 7.12. The van der Waals surface area contributed by atoms with Crippen LogP contribution >= 0.6 is 11.3 Å². The number of nitrogens with two attached hydrogens (primary N) is 1. The van der Waals surface area contributed by atoms with Crippen molar-refractivity contribution in [2.75, 3.05) is 26.2 Å². The first-order valence-corrected chi connectivity index (χ1v) is 13.6. The maximum atomic E-state index is 13.3. The molecule has 1 unspecified atom stereocenters. The van der Waals surface area contributed by atoms with E-state index in [-0.39, 0.29) is 17.9 Å². The molecule has 190 valence electrons. The average Bonchev–Trinajstić information content (AvgIpc) is 3.46. The number of nitrogens with zero attached hydrogens (tertiary/aromatic N) is 2. The highest BCUT2D eigenvalue weighted by Gasteiger charge is 2.38. The Kier molecular flexibility index (Phi) is 9.28. The molecule has 3 N–H and O–H groups in total. The molecule has 2 atom stereocenters. The second-order valence-electron chi connectivity index (χ2n) is 9.38. The van der Waals surface area contributed by atoms with Gasteiger partial charge in [-0.25, -0.2) is 0 Å². The van der Waals surface area contributed by atoms with E-state index in [1.54, 1.807) is 4.90 Å². The number of rotatable bonds is 10. The minimum absolute atomic E-state index is 0.0638. The number of carbonyl (C=O) groups is 2. The van der Waals surface area contributed by atoms with Gasteiger partial charge in [-0.1, -0.05) is 60.7 Å². The molecule has 2 aromatic carbocycles. The zero-order chi connectivity index (χ0) is 25.3. The monoisotopic (exact) mass is 504 g/mol. The van der Waals surface area contributed by atoms with E-state index in [4.69, 9.17) is 5.73 Å². The van der Waals surface area contributed by atoms with Gasteiger partial charge in [0.2, 0.25) is 5.91 Å². The SMILES string of the molecule is Cc1ccccc1CN(CCc1ccccc1)C1CCN(C(=O)c2cccs2)[C@@H](C(=O)NCCN)C1. The van der Waals surface area contributed by atoms with Crippen LogP contribution in [0.2, 0.25) is 0 Å². The van der Waals surface area contributed by atoms with E-state index < -0.39 is 6.04 Å². The lowest BCUT2D eigenvalue weighted by atomic mass is 9.93. The van der Waals surface area contributed by atoms with E-state index in [0.29, 0.717) is 30.9 Å². The lowest BCUT2D eigenvalue weighted by Gasteiger charge is -2.43. The van der Waals surface area contributed by atoms with Gasteiger partial charge in [-0.15, -0.1) is 11.3 Å². The Bertz CT molecular complexity index is 1120. The largest absolute Gasteiger partial charge is 0.353 e. The third kappa shape index (κ3) is 6.60. The Morgan fingerprint density at radius 2 is 1.86 bits per heavy atom. The first-order chi connectivity index (χ1) is 17.6. The highest BCUT2D eigenvalue weighted by atomic mass is 32.1. The second kappa shape index (κ2) is 12.8. The van der Waals surface area contributed by atoms with Gasteiger partial charge in [0.25, 0.3) is 5.91 Å². The first kappa shape index (κ1) is 26.1. The zero-order valence-corrected chi connectivity index (χ0v) is 21.8. The molecule has 0 bridgehead atoms. The summed E-state index contributed by atoms with van der Waals surface area (Å²) >= 11 is 1.42. The van der Waals surface area contributed by atoms with Crippen LogP contribution in [0.25, 0.3) is 0 Å². The molecule has 1 fully saturated rings. The molecule has 0 spiro atoms. The number of hydrogen-bond acceptors (Lipinski definition) is 5. The van der Waals surface area contributed by atoms with E-state index in [1.807, 2.05) is 23.6 Å². The summed E-state index contributed by atoms with van der Waals surface area (Å²) in [6.45, 7) is 5.19. The number of thiophene rings is 1. The summed E-state index contributed by atoms with van der Waals surface area (Å²) in [5.74, 6) is -0.181. The summed E-state index contributed by atoms with van der Waals surface area (Å²) in [6.07, 6.45) is 2.37. The van der Waals surface area contributed by atoms with Crippen molar-refractivity contribution in [2.45, 2.75) is 44.8 Å². The Balaban J connectivity index is 1.56. The van der Waals surface area contributed by atoms with Crippen LogP contribution in [0.15, 0.2) is 72.1 Å². The second-order valence-corrected chi connectivity index (χ2v) is 10.3. The summed E-state index contributed by atoms with van der Waals surface area (Å²) in [7, 11) is 0. The van der Waals surface area contributed by atoms with Gasteiger partial charge in [-0.3, -0.25) is 14.5 Å². The number of likely N-dealkylation sites (tertiary alicyclic amines) is 1. The summed E-state index contributed by atoms with van der Waals surface area (Å²) in [4.78, 5) is 31.5. The van der Waals surface area contributed by atoms with Crippen LogP contribution < -0.4 is 11.1 Å². The number of nitrogens with one attached hydrogen (secondary N) is 1. The Morgan fingerprint density at radius 3 is 2.58 bits per heavy atom. The van der Waals surface area contributed by atoms with Crippen LogP contribution in [0.4, 0.5) is 0 Å². The lowest BCUT2D eigenvalue weighted by Crippen LogP contribution is -2.57. The lowest BCUT2D eigenvalue weighted by molar-refractivity contribution is -0.127. The molecule has 1 aliphatic heterocycles. The minimum Gasteiger partial charge on any atom is -0.353 e. The zero-order valence-electron chi connectivity index (χ0n) is 20.9. The van der Waals surface area contributed by atoms with E-state index in [9.17, 15) is 9.59 Å². The van der Waals surface area contributed by atoms with Gasteiger partial charge in [0.15, 0.2) is 0 Å². The number of hydrogen-bond donors (Lipinski definition) is 2. The highest BCUT2D eigenvalue weighted by Crippen LogP contribution is 2.27. The molecule has 1 aliphatic rings. The Morgan fingerprint density at radius 1 is 1.08 bits per heavy atom. The van der Waals surface area contributed by atoms with Crippen molar-refractivity contribution in [2.24, 2.45) is 5.73 Å². The molecule has 7 heteroatoms. The van der Waals surface area contributed by atoms with Crippen molar-refractivity contribution < 1.29 is 9.59 Å². The van der Waals surface area contributed by atoms with Crippen molar-refractivity contribution in [3.8, 4) is 0 Å². The fourth-order valence-electron chi connectivity index (χ4n) is 4.94. The Hall–Kier alpha value is -3.00. The third-order valence-corrected chi connectivity index (χ3v) is 7.85. The van der Waals surface area contributed by atoms with E-state index in [0.717, 1.165) is 25.9 Å². The predicted molar refractivity (Wildman–Crippen MR) is 146 cm³/mol. The maximum Gasteiger partial charge on any atom is 0.264 e. The van der Waals surface area contributed by atoms with Crippen LogP contribution in [-0.4, -0.2) is 59.9 Å². The van der Waals surface area contributed by atoms with Gasteiger partial charge < -0.3 is 16.0 Å². The van der Waals surface area contributed by atoms with Crippen LogP contribution in [-0.2, 0) is 17.8 Å². The number of carbonyl (C=O) groups excluding carboxylic acids is 2. The molecule has 0 saturated carbocycles. The summed E-state index contributed by atoms with van der Waals surface area (Å²) in [6, 6.07) is 22.4. The maximum absolute atomic E-state index is 13.3. The van der Waals surface area contributed by atoms with E-state index >= 15 is 0 Å². The standard InChI is InChI=1S/C29H36N4O2S/c1-22-8-5-6-11-24(22)21-32(17-13-23-9-3-2-4-10-23)25-14-18-33(29(35)27-12-7-19-36-27)26(20-25)28(34)31-16-15-30/h2-12,19,25-26H,13-18,20-21,30H2,1H3,(H,31,34)/t25?,26-/m1/s1. The van der Waals surface area contributed by atoms with E-state index in [2.05, 4.69) is 65.7 Å². The average molecular weight is 505 g/mol. The minimum atomic E-state index is -0.513. The summed E-state index contributed by atoms with van der Waals surface area (Å²) in [5, 5.41) is 4.84. The molecule has 6 nitrogen and oxygen atoms in total. The molecule has 0 aliphatic carbocycles. The smallest absolute Gasteiger partial charge is 0.264 e. The third-order valence-electron chi connectivity index (χ3n) is 7.00. The van der Waals surface area contributed by atoms with Crippen LogP contribution in [0.1, 0.15) is 39.2 Å². The van der Waals surface area contributed by atoms with Gasteiger partial charge in [-0.2, -0.15) is 0 Å². The molecule has 1 saturated heterocycles. The van der Waals surface area contributed by atoms with Crippen LogP contribution in [0.3, 0.4) is 0 Å². The van der Waals surface area contributed by atoms with Gasteiger partial charge in [0, 0.05) is 38.8 Å². The van der Waals surface area contributed by atoms with Gasteiger partial charge >= 0.3 is 0 Å². The molecule has 4 rings (SSSR count). The van der Waals surface area contributed by atoms with Crippen molar-refractivity contribution in [3.05, 3.63) is 93.7 Å². The number of benzene rings is 2. The molecule has 3 aromatic rings. The van der Waals surface area contributed by atoms with Crippen molar-refractivity contribution in [3.63, 3.8) is 0 Å².